The molecule has 3 heteroatoms. The van der Waals surface area contributed by atoms with Crippen LogP contribution in [0, 0.1) is 6.92 Å². The standard InChI is InChI=1S/C16H18BrNS/c1-11-3-4-15(13(9-11)10-17)18-7-5-16-14(12(18)2)6-8-19-16/h3-4,6,8-9,12H,5,7,10H2,1-2H3. The number of thiophene rings is 1. The number of hydrogen-bond acceptors (Lipinski definition) is 2. The first-order valence-electron chi connectivity index (χ1n) is 6.69. The Bertz CT molecular complexity index is 590. The van der Waals surface area contributed by atoms with Gasteiger partial charge in [0.25, 0.3) is 0 Å². The molecule has 1 aromatic carbocycles. The highest BCUT2D eigenvalue weighted by Crippen LogP contribution is 2.37. The fraction of sp³-hybridized carbons (Fsp3) is 0.375. The van der Waals surface area contributed by atoms with Crippen LogP contribution in [-0.2, 0) is 11.8 Å². The third-order valence-electron chi connectivity index (χ3n) is 3.97. The maximum Gasteiger partial charge on any atom is 0.0525 e. The van der Waals surface area contributed by atoms with Crippen molar-refractivity contribution in [2.24, 2.45) is 0 Å². The third-order valence-corrected chi connectivity index (χ3v) is 5.57. The molecule has 1 unspecified atom stereocenters. The predicted octanol–water partition coefficient (Wildman–Crippen LogP) is 5.08. The Hall–Kier alpha value is -0.800. The van der Waals surface area contributed by atoms with Gasteiger partial charge in [-0.3, -0.25) is 0 Å². The molecular formula is C16H18BrNS. The summed E-state index contributed by atoms with van der Waals surface area (Å²) in [5, 5.41) is 3.15. The van der Waals surface area contributed by atoms with E-state index in [1.165, 1.54) is 28.8 Å². The van der Waals surface area contributed by atoms with Crippen molar-refractivity contribution in [1.82, 2.24) is 0 Å². The van der Waals surface area contributed by atoms with Crippen molar-refractivity contribution in [1.29, 1.82) is 0 Å². The molecule has 2 heterocycles. The lowest BCUT2D eigenvalue weighted by molar-refractivity contribution is 0.631. The van der Waals surface area contributed by atoms with Gasteiger partial charge in [-0.15, -0.1) is 11.3 Å². The van der Waals surface area contributed by atoms with Crippen LogP contribution in [0.25, 0.3) is 0 Å². The number of anilines is 1. The summed E-state index contributed by atoms with van der Waals surface area (Å²) in [7, 11) is 0. The fourth-order valence-corrected chi connectivity index (χ4v) is 4.35. The lowest BCUT2D eigenvalue weighted by Crippen LogP contribution is -2.33. The Labute approximate surface area is 127 Å². The molecule has 0 N–H and O–H groups in total. The molecule has 0 amide bonds. The summed E-state index contributed by atoms with van der Waals surface area (Å²) in [5.41, 5.74) is 5.62. The lowest BCUT2D eigenvalue weighted by atomic mass is 9.99. The van der Waals surface area contributed by atoms with E-state index in [0.29, 0.717) is 6.04 Å². The van der Waals surface area contributed by atoms with Crippen molar-refractivity contribution < 1.29 is 0 Å². The molecule has 1 nitrogen and oxygen atoms in total. The number of alkyl halides is 1. The molecule has 1 aliphatic heterocycles. The van der Waals surface area contributed by atoms with Crippen molar-refractivity contribution >= 4 is 33.0 Å². The second-order valence-corrected chi connectivity index (χ2v) is 6.75. The van der Waals surface area contributed by atoms with Crippen LogP contribution < -0.4 is 4.90 Å². The second kappa shape index (κ2) is 5.29. The minimum Gasteiger partial charge on any atom is -0.364 e. The molecule has 0 radical (unpaired) electrons. The monoisotopic (exact) mass is 335 g/mol. The van der Waals surface area contributed by atoms with Gasteiger partial charge in [-0.1, -0.05) is 33.6 Å². The summed E-state index contributed by atoms with van der Waals surface area (Å²) in [4.78, 5) is 4.11. The molecule has 0 saturated carbocycles. The van der Waals surface area contributed by atoms with E-state index < -0.39 is 0 Å². The van der Waals surface area contributed by atoms with Gasteiger partial charge < -0.3 is 4.90 Å². The van der Waals surface area contributed by atoms with Crippen LogP contribution >= 0.6 is 27.3 Å². The van der Waals surface area contributed by atoms with Crippen molar-refractivity contribution in [3.63, 3.8) is 0 Å². The van der Waals surface area contributed by atoms with Gasteiger partial charge in [-0.05, 0) is 48.9 Å². The number of nitrogens with zero attached hydrogens (tertiary/aromatic N) is 1. The second-order valence-electron chi connectivity index (χ2n) is 5.18. The molecule has 0 bridgehead atoms. The van der Waals surface area contributed by atoms with E-state index in [1.807, 2.05) is 11.3 Å². The zero-order valence-electron chi connectivity index (χ0n) is 11.3. The summed E-state index contributed by atoms with van der Waals surface area (Å²) < 4.78 is 0. The Kier molecular flexibility index (Phi) is 3.68. The zero-order valence-corrected chi connectivity index (χ0v) is 13.7. The number of rotatable bonds is 2. The number of halogens is 1. The minimum absolute atomic E-state index is 0.482. The van der Waals surface area contributed by atoms with E-state index in [2.05, 4.69) is 64.3 Å². The van der Waals surface area contributed by atoms with E-state index in [0.717, 1.165) is 11.9 Å². The van der Waals surface area contributed by atoms with Crippen LogP contribution in [-0.4, -0.2) is 6.54 Å². The Morgan fingerprint density at radius 1 is 1.37 bits per heavy atom. The van der Waals surface area contributed by atoms with Crippen molar-refractivity contribution in [3.8, 4) is 0 Å². The summed E-state index contributed by atoms with van der Waals surface area (Å²) in [6, 6.07) is 9.56. The largest absolute Gasteiger partial charge is 0.364 e. The topological polar surface area (TPSA) is 3.24 Å². The SMILES string of the molecule is Cc1ccc(N2CCc3sccc3C2C)c(CBr)c1. The maximum atomic E-state index is 3.63. The highest BCUT2D eigenvalue weighted by molar-refractivity contribution is 9.08. The molecule has 1 atom stereocenters. The Balaban J connectivity index is 2.00. The highest BCUT2D eigenvalue weighted by Gasteiger charge is 2.25. The van der Waals surface area contributed by atoms with Crippen LogP contribution in [0.3, 0.4) is 0 Å². The molecular weight excluding hydrogens is 318 g/mol. The van der Waals surface area contributed by atoms with Crippen LogP contribution in [0.4, 0.5) is 5.69 Å². The van der Waals surface area contributed by atoms with Crippen LogP contribution in [0.15, 0.2) is 29.6 Å². The van der Waals surface area contributed by atoms with Crippen molar-refractivity contribution in [2.45, 2.75) is 31.6 Å². The molecule has 100 valence electrons. The summed E-state index contributed by atoms with van der Waals surface area (Å²) in [5.74, 6) is 0. The summed E-state index contributed by atoms with van der Waals surface area (Å²) in [6.45, 7) is 5.60. The van der Waals surface area contributed by atoms with Gasteiger partial charge in [0.1, 0.15) is 0 Å². The Morgan fingerprint density at radius 2 is 2.21 bits per heavy atom. The molecule has 0 saturated heterocycles. The van der Waals surface area contributed by atoms with Crippen LogP contribution in [0.1, 0.15) is 34.5 Å². The van der Waals surface area contributed by atoms with Gasteiger partial charge in [-0.25, -0.2) is 0 Å². The van der Waals surface area contributed by atoms with E-state index in [4.69, 9.17) is 0 Å². The number of fused-ring (bicyclic) bond motifs is 1. The van der Waals surface area contributed by atoms with Crippen molar-refractivity contribution in [2.75, 3.05) is 11.4 Å². The number of benzene rings is 1. The fourth-order valence-electron chi connectivity index (χ4n) is 2.94. The molecule has 3 rings (SSSR count). The van der Waals surface area contributed by atoms with E-state index >= 15 is 0 Å². The minimum atomic E-state index is 0.482. The first-order chi connectivity index (χ1) is 9.20. The van der Waals surface area contributed by atoms with E-state index in [1.54, 1.807) is 4.88 Å². The normalized spacial score (nSPS) is 18.5. The van der Waals surface area contributed by atoms with Gasteiger partial charge in [0.05, 0.1) is 6.04 Å². The lowest BCUT2D eigenvalue weighted by Gasteiger charge is -2.36. The molecule has 19 heavy (non-hydrogen) atoms. The van der Waals surface area contributed by atoms with E-state index in [9.17, 15) is 0 Å². The highest BCUT2D eigenvalue weighted by atomic mass is 79.9. The van der Waals surface area contributed by atoms with Gasteiger partial charge in [0.2, 0.25) is 0 Å². The first-order valence-corrected chi connectivity index (χ1v) is 8.69. The van der Waals surface area contributed by atoms with Crippen molar-refractivity contribution in [3.05, 3.63) is 51.2 Å². The van der Waals surface area contributed by atoms with Crippen LogP contribution in [0.5, 0.6) is 0 Å². The predicted molar refractivity (Wildman–Crippen MR) is 87.6 cm³/mol. The molecule has 0 fully saturated rings. The summed E-state index contributed by atoms with van der Waals surface area (Å²) >= 11 is 5.53. The smallest absolute Gasteiger partial charge is 0.0525 e. The molecule has 0 spiro atoms. The molecule has 2 aromatic rings. The van der Waals surface area contributed by atoms with Gasteiger partial charge in [0, 0.05) is 22.4 Å². The summed E-state index contributed by atoms with van der Waals surface area (Å²) in [6.07, 6.45) is 1.17. The van der Waals surface area contributed by atoms with E-state index in [-0.39, 0.29) is 0 Å². The molecule has 1 aromatic heterocycles. The number of aryl methyl sites for hydroxylation is 1. The van der Waals surface area contributed by atoms with Crippen LogP contribution in [0.2, 0.25) is 0 Å². The van der Waals surface area contributed by atoms with Gasteiger partial charge in [-0.2, -0.15) is 0 Å². The molecule has 0 aliphatic carbocycles. The third kappa shape index (κ3) is 2.34. The maximum absolute atomic E-state index is 3.63. The van der Waals surface area contributed by atoms with Gasteiger partial charge in [0.15, 0.2) is 0 Å². The number of hydrogen-bond donors (Lipinski definition) is 0. The zero-order chi connectivity index (χ0) is 13.4. The Morgan fingerprint density at radius 3 is 3.00 bits per heavy atom. The molecule has 1 aliphatic rings. The quantitative estimate of drug-likeness (QED) is 0.692. The average Bonchev–Trinajstić information content (AvgIpc) is 2.89. The average molecular weight is 336 g/mol. The van der Waals surface area contributed by atoms with Gasteiger partial charge >= 0.3 is 0 Å². The first kappa shape index (κ1) is 13.2.